The van der Waals surface area contributed by atoms with Gasteiger partial charge in [-0.05, 0) is 80.2 Å². The minimum absolute atomic E-state index is 0.0306. The summed E-state index contributed by atoms with van der Waals surface area (Å²) >= 11 is 0. The van der Waals surface area contributed by atoms with Gasteiger partial charge in [0.15, 0.2) is 0 Å². The zero-order valence-electron chi connectivity index (χ0n) is 21.6. The summed E-state index contributed by atoms with van der Waals surface area (Å²) in [6, 6.07) is 9.97. The molecule has 3 aliphatic heterocycles. The fourth-order valence-electron chi connectivity index (χ4n) is 6.01. The molecule has 2 aromatic rings. The number of rotatable bonds is 6. The Bertz CT molecular complexity index is 1110. The van der Waals surface area contributed by atoms with Gasteiger partial charge < -0.3 is 19.4 Å². The Hall–Kier alpha value is -2.78. The number of hydrogen-bond donors (Lipinski definition) is 0. The number of ether oxygens (including phenoxy) is 1. The van der Waals surface area contributed by atoms with Crippen LogP contribution in [0.5, 0.6) is 5.75 Å². The molecule has 0 aliphatic carbocycles. The first kappa shape index (κ1) is 25.9. The summed E-state index contributed by atoms with van der Waals surface area (Å²) in [6.07, 6.45) is -2.10. The molecule has 1 atom stereocenters. The van der Waals surface area contributed by atoms with Gasteiger partial charge in [0.25, 0.3) is 5.91 Å². The molecule has 0 aromatic heterocycles. The Labute approximate surface area is 216 Å². The normalized spacial score (nSPS) is 21.4. The quantitative estimate of drug-likeness (QED) is 0.565. The van der Waals surface area contributed by atoms with E-state index in [0.29, 0.717) is 13.1 Å². The third-order valence-corrected chi connectivity index (χ3v) is 7.77. The molecule has 0 saturated carbocycles. The molecule has 1 unspecified atom stereocenters. The summed E-state index contributed by atoms with van der Waals surface area (Å²) in [5, 5.41) is 0. The molecule has 0 N–H and O–H groups in total. The van der Waals surface area contributed by atoms with Crippen LogP contribution in [0.15, 0.2) is 36.4 Å². The van der Waals surface area contributed by atoms with Gasteiger partial charge in [0.1, 0.15) is 5.75 Å². The Morgan fingerprint density at radius 2 is 1.76 bits per heavy atom. The van der Waals surface area contributed by atoms with E-state index in [9.17, 15) is 18.0 Å². The Morgan fingerprint density at radius 3 is 2.43 bits per heavy atom. The molecule has 0 radical (unpaired) electrons. The van der Waals surface area contributed by atoms with Crippen molar-refractivity contribution in [3.05, 3.63) is 58.7 Å². The Balaban J connectivity index is 1.19. The van der Waals surface area contributed by atoms with Gasteiger partial charge in [-0.1, -0.05) is 12.1 Å². The van der Waals surface area contributed by atoms with E-state index in [2.05, 4.69) is 38.6 Å². The van der Waals surface area contributed by atoms with Crippen molar-refractivity contribution in [1.29, 1.82) is 0 Å². The SMILES string of the molecule is Cc1cc(N2CCN(CC3CCCN(C)C3)CC2)cc2c1C(=O)N(Cc1ccc(OC(F)(F)F)cc1)C2. The topological polar surface area (TPSA) is 39.3 Å². The maximum atomic E-state index is 13.1. The van der Waals surface area contributed by atoms with Crippen LogP contribution in [0.2, 0.25) is 0 Å². The van der Waals surface area contributed by atoms with Crippen molar-refractivity contribution in [3.63, 3.8) is 0 Å². The summed E-state index contributed by atoms with van der Waals surface area (Å²) in [4.78, 5) is 22.4. The second kappa shape index (κ2) is 10.5. The summed E-state index contributed by atoms with van der Waals surface area (Å²) < 4.78 is 41.2. The first-order chi connectivity index (χ1) is 17.6. The highest BCUT2D eigenvalue weighted by Gasteiger charge is 2.32. The van der Waals surface area contributed by atoms with Gasteiger partial charge in [-0.15, -0.1) is 13.2 Å². The molecule has 3 heterocycles. The molecule has 2 fully saturated rings. The highest BCUT2D eigenvalue weighted by atomic mass is 19.4. The molecule has 3 aliphatic rings. The van der Waals surface area contributed by atoms with Crippen LogP contribution in [0, 0.1) is 12.8 Å². The van der Waals surface area contributed by atoms with Gasteiger partial charge in [-0.3, -0.25) is 9.69 Å². The van der Waals surface area contributed by atoms with Crippen LogP contribution in [0.25, 0.3) is 0 Å². The van der Waals surface area contributed by atoms with Crippen LogP contribution >= 0.6 is 0 Å². The number of piperidine rings is 1. The molecule has 200 valence electrons. The molecule has 37 heavy (non-hydrogen) atoms. The number of nitrogens with zero attached hydrogens (tertiary/aromatic N) is 4. The van der Waals surface area contributed by atoms with Crippen molar-refractivity contribution in [2.24, 2.45) is 5.92 Å². The van der Waals surface area contributed by atoms with Crippen molar-refractivity contribution in [2.75, 3.05) is 57.8 Å². The van der Waals surface area contributed by atoms with Gasteiger partial charge >= 0.3 is 6.36 Å². The monoisotopic (exact) mass is 516 g/mol. The lowest BCUT2D eigenvalue weighted by molar-refractivity contribution is -0.274. The highest BCUT2D eigenvalue weighted by Crippen LogP contribution is 2.32. The van der Waals surface area contributed by atoms with E-state index in [1.54, 1.807) is 17.0 Å². The molecule has 0 bridgehead atoms. The molecule has 0 spiro atoms. The first-order valence-corrected chi connectivity index (χ1v) is 13.1. The van der Waals surface area contributed by atoms with Crippen LogP contribution in [-0.2, 0) is 13.1 Å². The Morgan fingerprint density at radius 1 is 1.03 bits per heavy atom. The van der Waals surface area contributed by atoms with E-state index in [0.717, 1.165) is 60.0 Å². The number of hydrogen-bond acceptors (Lipinski definition) is 5. The van der Waals surface area contributed by atoms with Gasteiger partial charge in [0.2, 0.25) is 0 Å². The summed E-state index contributed by atoms with van der Waals surface area (Å²) in [6.45, 7) is 10.5. The molecular weight excluding hydrogens is 481 g/mol. The minimum Gasteiger partial charge on any atom is -0.406 e. The van der Waals surface area contributed by atoms with Crippen LogP contribution in [0.1, 0.15) is 39.9 Å². The maximum absolute atomic E-state index is 13.1. The van der Waals surface area contributed by atoms with E-state index in [-0.39, 0.29) is 11.7 Å². The van der Waals surface area contributed by atoms with Gasteiger partial charge in [0, 0.05) is 63.6 Å². The third-order valence-electron chi connectivity index (χ3n) is 7.77. The zero-order valence-corrected chi connectivity index (χ0v) is 21.6. The number of halogens is 3. The van der Waals surface area contributed by atoms with Crippen molar-refractivity contribution >= 4 is 11.6 Å². The molecular formula is C28H35F3N4O2. The van der Waals surface area contributed by atoms with Crippen LogP contribution in [0.4, 0.5) is 18.9 Å². The number of piperazine rings is 1. The third kappa shape index (κ3) is 6.21. The fourth-order valence-corrected chi connectivity index (χ4v) is 6.01. The second-order valence-electron chi connectivity index (χ2n) is 10.7. The molecule has 1 amide bonds. The predicted octanol–water partition coefficient (Wildman–Crippen LogP) is 4.51. The second-order valence-corrected chi connectivity index (χ2v) is 10.7. The number of likely N-dealkylation sites (tertiary alicyclic amines) is 1. The number of benzene rings is 2. The van der Waals surface area contributed by atoms with Crippen molar-refractivity contribution in [1.82, 2.24) is 14.7 Å². The molecule has 6 nitrogen and oxygen atoms in total. The van der Waals surface area contributed by atoms with Crippen molar-refractivity contribution < 1.29 is 22.7 Å². The van der Waals surface area contributed by atoms with E-state index >= 15 is 0 Å². The lowest BCUT2D eigenvalue weighted by Crippen LogP contribution is -2.49. The van der Waals surface area contributed by atoms with Crippen molar-refractivity contribution in [2.45, 2.75) is 39.2 Å². The number of carbonyl (C=O) groups excluding carboxylic acids is 1. The number of fused-ring (bicyclic) bond motifs is 1. The van der Waals surface area contributed by atoms with Crippen LogP contribution in [-0.4, -0.2) is 79.8 Å². The number of alkyl halides is 3. The van der Waals surface area contributed by atoms with Gasteiger partial charge in [-0.25, -0.2) is 0 Å². The number of amides is 1. The molecule has 5 rings (SSSR count). The minimum atomic E-state index is -4.72. The smallest absolute Gasteiger partial charge is 0.406 e. The number of aryl methyl sites for hydroxylation is 1. The van der Waals surface area contributed by atoms with E-state index < -0.39 is 6.36 Å². The molecule has 9 heteroatoms. The van der Waals surface area contributed by atoms with E-state index in [4.69, 9.17) is 0 Å². The maximum Gasteiger partial charge on any atom is 0.573 e. The van der Waals surface area contributed by atoms with E-state index in [1.165, 1.54) is 44.6 Å². The lowest BCUT2D eigenvalue weighted by Gasteiger charge is -2.39. The zero-order chi connectivity index (χ0) is 26.2. The van der Waals surface area contributed by atoms with Crippen molar-refractivity contribution in [3.8, 4) is 5.75 Å². The highest BCUT2D eigenvalue weighted by molar-refractivity contribution is 6.00. The van der Waals surface area contributed by atoms with Crippen LogP contribution in [0.3, 0.4) is 0 Å². The molecule has 2 saturated heterocycles. The summed E-state index contributed by atoms with van der Waals surface area (Å²) in [7, 11) is 2.22. The number of anilines is 1. The summed E-state index contributed by atoms with van der Waals surface area (Å²) in [5.41, 5.74) is 4.66. The summed E-state index contributed by atoms with van der Waals surface area (Å²) in [5.74, 6) is 0.466. The van der Waals surface area contributed by atoms with E-state index in [1.807, 2.05) is 6.92 Å². The average Bonchev–Trinajstić information content (AvgIpc) is 3.15. The standard InChI is InChI=1S/C28H35F3N4O2/c1-20-14-24(34-12-10-33(11-13-34)17-22-4-3-9-32(2)16-22)15-23-19-35(27(36)26(20)23)18-21-5-7-25(8-6-21)37-28(29,30)31/h5-8,14-15,22H,3-4,9-13,16-19H2,1-2H3. The lowest BCUT2D eigenvalue weighted by atomic mass is 9.97. The first-order valence-electron chi connectivity index (χ1n) is 13.1. The fraction of sp³-hybridized carbons (Fsp3) is 0.536. The largest absolute Gasteiger partial charge is 0.573 e. The molecule has 2 aromatic carbocycles. The predicted molar refractivity (Wildman–Crippen MR) is 137 cm³/mol. The van der Waals surface area contributed by atoms with Gasteiger partial charge in [0.05, 0.1) is 0 Å². The van der Waals surface area contributed by atoms with Gasteiger partial charge in [-0.2, -0.15) is 0 Å². The number of carbonyl (C=O) groups is 1. The van der Waals surface area contributed by atoms with Crippen LogP contribution < -0.4 is 9.64 Å². The Kier molecular flexibility index (Phi) is 7.36. The average molecular weight is 517 g/mol.